The lowest BCUT2D eigenvalue weighted by molar-refractivity contribution is 0.486. The number of nitrogens with one attached hydrogen (secondary N) is 1. The summed E-state index contributed by atoms with van der Waals surface area (Å²) in [6, 6.07) is 10.3. The summed E-state index contributed by atoms with van der Waals surface area (Å²) >= 11 is 1.68. The van der Waals surface area contributed by atoms with Crippen molar-refractivity contribution in [2.75, 3.05) is 19.6 Å². The number of aryl methyl sites for hydroxylation is 1. The Labute approximate surface area is 169 Å². The van der Waals surface area contributed by atoms with Gasteiger partial charge < -0.3 is 10.2 Å². The van der Waals surface area contributed by atoms with Gasteiger partial charge in [-0.05, 0) is 18.9 Å². The number of aromatic nitrogens is 3. The lowest BCUT2D eigenvalue weighted by Gasteiger charge is -2.21. The average molecular weight is 395 g/mol. The van der Waals surface area contributed by atoms with Crippen molar-refractivity contribution in [3.8, 4) is 10.6 Å². The van der Waals surface area contributed by atoms with Crippen molar-refractivity contribution in [1.29, 1.82) is 0 Å². The predicted molar refractivity (Wildman–Crippen MR) is 115 cm³/mol. The second-order valence-corrected chi connectivity index (χ2v) is 7.92. The van der Waals surface area contributed by atoms with Gasteiger partial charge >= 0.3 is 0 Å². The summed E-state index contributed by atoms with van der Waals surface area (Å²) in [5.41, 5.74) is 3.49. The van der Waals surface area contributed by atoms with Crippen molar-refractivity contribution in [2.45, 2.75) is 25.8 Å². The van der Waals surface area contributed by atoms with Crippen LogP contribution in [-0.2, 0) is 13.6 Å². The van der Waals surface area contributed by atoms with Gasteiger partial charge in [0.25, 0.3) is 0 Å². The van der Waals surface area contributed by atoms with E-state index in [0.717, 1.165) is 48.3 Å². The minimum absolute atomic E-state index is 0.515. The summed E-state index contributed by atoms with van der Waals surface area (Å²) in [4.78, 5) is 12.0. The number of guanidine groups is 1. The molecule has 1 aromatic carbocycles. The number of benzene rings is 1. The van der Waals surface area contributed by atoms with Crippen molar-refractivity contribution in [3.63, 3.8) is 0 Å². The van der Waals surface area contributed by atoms with Crippen molar-refractivity contribution in [1.82, 2.24) is 25.0 Å². The van der Waals surface area contributed by atoms with Gasteiger partial charge in [-0.25, -0.2) is 9.98 Å². The Morgan fingerprint density at radius 2 is 2.18 bits per heavy atom. The maximum Gasteiger partial charge on any atom is 0.194 e. The highest BCUT2D eigenvalue weighted by Crippen LogP contribution is 2.27. The third kappa shape index (κ3) is 4.25. The van der Waals surface area contributed by atoms with Crippen LogP contribution in [0.25, 0.3) is 10.6 Å². The Bertz CT molecular complexity index is 929. The summed E-state index contributed by atoms with van der Waals surface area (Å²) in [5.74, 6) is 1.49. The van der Waals surface area contributed by atoms with Gasteiger partial charge in [0.1, 0.15) is 5.01 Å². The van der Waals surface area contributed by atoms with Gasteiger partial charge in [0, 0.05) is 49.7 Å². The molecule has 4 rings (SSSR count). The van der Waals surface area contributed by atoms with Crippen molar-refractivity contribution >= 4 is 17.3 Å². The second kappa shape index (κ2) is 8.56. The zero-order chi connectivity index (χ0) is 19.3. The number of aliphatic imine (C=N–C) groups is 1. The standard InChI is InChI=1S/C21H26N6S/c1-3-22-21(27-10-9-17(14-27)18-11-24-26(2)13-18)23-12-19-15-28-20(25-19)16-7-5-4-6-8-16/h4-8,11,13,15,17H,3,9-10,12,14H2,1-2H3,(H,22,23). The van der Waals surface area contributed by atoms with Gasteiger partial charge in [-0.15, -0.1) is 11.3 Å². The first-order valence-corrected chi connectivity index (χ1v) is 10.6. The molecule has 1 unspecified atom stereocenters. The maximum atomic E-state index is 4.86. The highest BCUT2D eigenvalue weighted by atomic mass is 32.1. The van der Waals surface area contributed by atoms with Gasteiger partial charge in [0.2, 0.25) is 0 Å². The quantitative estimate of drug-likeness (QED) is 0.532. The van der Waals surface area contributed by atoms with E-state index in [2.05, 4.69) is 45.9 Å². The van der Waals surface area contributed by atoms with Crippen LogP contribution in [0.15, 0.2) is 53.1 Å². The van der Waals surface area contributed by atoms with E-state index in [0.29, 0.717) is 12.5 Å². The molecule has 146 valence electrons. The zero-order valence-electron chi connectivity index (χ0n) is 16.4. The van der Waals surface area contributed by atoms with Crippen molar-refractivity contribution < 1.29 is 0 Å². The fourth-order valence-electron chi connectivity index (χ4n) is 3.55. The number of rotatable bonds is 5. The zero-order valence-corrected chi connectivity index (χ0v) is 17.2. The van der Waals surface area contributed by atoms with Crippen molar-refractivity contribution in [3.05, 3.63) is 59.4 Å². The Morgan fingerprint density at radius 1 is 1.32 bits per heavy atom. The molecule has 1 aliphatic rings. The van der Waals surface area contributed by atoms with E-state index in [1.807, 2.05) is 36.1 Å². The van der Waals surface area contributed by atoms with Crippen LogP contribution in [0.4, 0.5) is 0 Å². The number of hydrogen-bond donors (Lipinski definition) is 1. The van der Waals surface area contributed by atoms with Gasteiger partial charge in [0.15, 0.2) is 5.96 Å². The molecule has 0 aliphatic carbocycles. The van der Waals surface area contributed by atoms with Gasteiger partial charge in [-0.2, -0.15) is 5.10 Å². The number of likely N-dealkylation sites (tertiary alicyclic amines) is 1. The monoisotopic (exact) mass is 394 g/mol. The molecular weight excluding hydrogens is 368 g/mol. The lowest BCUT2D eigenvalue weighted by atomic mass is 10.0. The van der Waals surface area contributed by atoms with E-state index in [1.54, 1.807) is 11.3 Å². The first-order valence-electron chi connectivity index (χ1n) is 9.74. The number of thiazole rings is 1. The predicted octanol–water partition coefficient (Wildman–Crippen LogP) is 3.50. The molecule has 0 bridgehead atoms. The molecule has 28 heavy (non-hydrogen) atoms. The normalized spacial score (nSPS) is 17.3. The number of hydrogen-bond acceptors (Lipinski definition) is 4. The van der Waals surface area contributed by atoms with Crippen LogP contribution < -0.4 is 5.32 Å². The molecule has 1 saturated heterocycles. The fraction of sp³-hybridized carbons (Fsp3) is 0.381. The van der Waals surface area contributed by atoms with Crippen molar-refractivity contribution in [2.24, 2.45) is 12.0 Å². The highest BCUT2D eigenvalue weighted by molar-refractivity contribution is 7.13. The summed E-state index contributed by atoms with van der Waals surface area (Å²) < 4.78 is 1.88. The second-order valence-electron chi connectivity index (χ2n) is 7.06. The molecular formula is C21H26N6S. The molecule has 3 heterocycles. The number of nitrogens with zero attached hydrogens (tertiary/aromatic N) is 5. The molecule has 1 aliphatic heterocycles. The van der Waals surface area contributed by atoms with Crippen LogP contribution in [-0.4, -0.2) is 45.3 Å². The van der Waals surface area contributed by atoms with E-state index in [4.69, 9.17) is 9.98 Å². The van der Waals surface area contributed by atoms with Crippen LogP contribution in [0.5, 0.6) is 0 Å². The van der Waals surface area contributed by atoms with Gasteiger partial charge in [-0.1, -0.05) is 30.3 Å². The van der Waals surface area contributed by atoms with Crippen LogP contribution in [0, 0.1) is 0 Å². The first kappa shape index (κ1) is 18.7. The SMILES string of the molecule is CCNC(=NCc1csc(-c2ccccc2)n1)N1CCC(c2cnn(C)c2)C1. The third-order valence-electron chi connectivity index (χ3n) is 4.98. The van der Waals surface area contributed by atoms with Gasteiger partial charge in [-0.3, -0.25) is 4.68 Å². The molecule has 3 aromatic rings. The van der Waals surface area contributed by atoms with E-state index >= 15 is 0 Å². The fourth-order valence-corrected chi connectivity index (χ4v) is 4.37. The molecule has 0 amide bonds. The van der Waals surface area contributed by atoms with E-state index < -0.39 is 0 Å². The maximum absolute atomic E-state index is 4.86. The first-order chi connectivity index (χ1) is 13.7. The summed E-state index contributed by atoms with van der Waals surface area (Å²) in [7, 11) is 1.97. The minimum atomic E-state index is 0.515. The van der Waals surface area contributed by atoms with E-state index in [9.17, 15) is 0 Å². The molecule has 0 spiro atoms. The van der Waals surface area contributed by atoms with Crippen LogP contribution >= 0.6 is 11.3 Å². The average Bonchev–Trinajstić information content (AvgIpc) is 3.46. The summed E-state index contributed by atoms with van der Waals surface area (Å²) in [6.45, 7) is 5.56. The largest absolute Gasteiger partial charge is 0.357 e. The lowest BCUT2D eigenvalue weighted by Crippen LogP contribution is -2.40. The van der Waals surface area contributed by atoms with E-state index in [-0.39, 0.29) is 0 Å². The topological polar surface area (TPSA) is 58.3 Å². The molecule has 1 N–H and O–H groups in total. The molecule has 1 fully saturated rings. The highest BCUT2D eigenvalue weighted by Gasteiger charge is 2.26. The van der Waals surface area contributed by atoms with Crippen LogP contribution in [0.1, 0.15) is 30.5 Å². The molecule has 7 heteroatoms. The Hall–Kier alpha value is -2.67. The third-order valence-corrected chi connectivity index (χ3v) is 5.92. The Morgan fingerprint density at radius 3 is 2.93 bits per heavy atom. The molecule has 1 atom stereocenters. The molecule has 6 nitrogen and oxygen atoms in total. The molecule has 2 aromatic heterocycles. The minimum Gasteiger partial charge on any atom is -0.357 e. The summed E-state index contributed by atoms with van der Waals surface area (Å²) in [5, 5.41) is 10.9. The van der Waals surface area contributed by atoms with E-state index in [1.165, 1.54) is 5.56 Å². The Kier molecular flexibility index (Phi) is 5.71. The summed E-state index contributed by atoms with van der Waals surface area (Å²) in [6.07, 6.45) is 5.24. The molecule has 0 saturated carbocycles. The van der Waals surface area contributed by atoms with Gasteiger partial charge in [0.05, 0.1) is 18.4 Å². The van der Waals surface area contributed by atoms with Crippen LogP contribution in [0.2, 0.25) is 0 Å². The molecule has 0 radical (unpaired) electrons. The smallest absolute Gasteiger partial charge is 0.194 e. The van der Waals surface area contributed by atoms with Crippen LogP contribution in [0.3, 0.4) is 0 Å². The Balaban J connectivity index is 1.43.